The van der Waals surface area contributed by atoms with Gasteiger partial charge in [-0.1, -0.05) is 32.6 Å². The zero-order valence-corrected chi connectivity index (χ0v) is 25.2. The highest BCUT2D eigenvalue weighted by Gasteiger charge is 2.46. The molecule has 3 aromatic rings. The number of pyridine rings is 2. The van der Waals surface area contributed by atoms with Gasteiger partial charge in [0.2, 0.25) is 5.91 Å². The van der Waals surface area contributed by atoms with Crippen LogP contribution in [-0.4, -0.2) is 34.6 Å². The predicted octanol–water partition coefficient (Wildman–Crippen LogP) is 4.75. The largest absolute Gasteiger partial charge is 0.458 e. The number of nitrogens with zero attached hydrogens (tertiary/aromatic N) is 2. The van der Waals surface area contributed by atoms with Crippen molar-refractivity contribution < 1.29 is 23.8 Å². The molecule has 2 aliphatic heterocycles. The highest BCUT2D eigenvalue weighted by atomic mass is 28.3. The van der Waals surface area contributed by atoms with Crippen LogP contribution >= 0.6 is 0 Å². The number of ether oxygens (including phenoxy) is 1. The highest BCUT2D eigenvalue weighted by molar-refractivity contribution is 6.76. The molecule has 1 aliphatic carbocycles. The summed E-state index contributed by atoms with van der Waals surface area (Å²) in [5, 5.41) is 15.3. The summed E-state index contributed by atoms with van der Waals surface area (Å²) < 4.78 is 21.9. The first-order valence-electron chi connectivity index (χ1n) is 14.4. The minimum Gasteiger partial charge on any atom is -0.458 e. The van der Waals surface area contributed by atoms with Crippen LogP contribution < -0.4 is 10.9 Å². The number of fused-ring (bicyclic) bond motifs is 5. The lowest BCUT2D eigenvalue weighted by Gasteiger charge is -2.31. The second kappa shape index (κ2) is 9.59. The second-order valence-electron chi connectivity index (χ2n) is 12.9. The number of cyclic esters (lactones) is 1. The van der Waals surface area contributed by atoms with Gasteiger partial charge in [-0.3, -0.25) is 9.59 Å². The van der Waals surface area contributed by atoms with Crippen LogP contribution in [0.2, 0.25) is 25.7 Å². The highest BCUT2D eigenvalue weighted by Crippen LogP contribution is 2.46. The third-order valence-corrected chi connectivity index (χ3v) is 10.9. The third kappa shape index (κ3) is 4.34. The minimum absolute atomic E-state index is 0.0129. The van der Waals surface area contributed by atoms with E-state index < -0.39 is 19.6 Å². The lowest BCUT2D eigenvalue weighted by atomic mass is 9.81. The van der Waals surface area contributed by atoms with Crippen LogP contribution in [0.3, 0.4) is 0 Å². The molecule has 0 bridgehead atoms. The van der Waals surface area contributed by atoms with E-state index in [9.17, 15) is 19.5 Å². The Labute approximate surface area is 238 Å². The minimum atomic E-state index is -1.93. The molecule has 3 aliphatic rings. The van der Waals surface area contributed by atoms with Gasteiger partial charge in [0.15, 0.2) is 5.60 Å². The van der Waals surface area contributed by atoms with Crippen LogP contribution in [0.25, 0.3) is 22.3 Å². The number of aliphatic hydroxyl groups is 1. The molecule has 0 radical (unpaired) electrons. The first-order chi connectivity index (χ1) is 19.3. The van der Waals surface area contributed by atoms with Gasteiger partial charge in [-0.05, 0) is 55.4 Å². The fourth-order valence-electron chi connectivity index (χ4n) is 6.74. The van der Waals surface area contributed by atoms with Crippen molar-refractivity contribution >= 4 is 30.9 Å². The number of hydrogen-bond acceptors (Lipinski definition) is 6. The van der Waals surface area contributed by atoms with E-state index in [1.807, 2.05) is 0 Å². The number of aryl methyl sites for hydroxylation is 1. The average Bonchev–Trinajstić information content (AvgIpc) is 3.28. The van der Waals surface area contributed by atoms with Crippen molar-refractivity contribution in [3.63, 3.8) is 0 Å². The molecule has 10 heteroatoms. The summed E-state index contributed by atoms with van der Waals surface area (Å²) in [5.74, 6) is -1.14. The molecule has 2 N–H and O–H groups in total. The fraction of sp³-hybridized carbons (Fsp3) is 0.484. The van der Waals surface area contributed by atoms with Gasteiger partial charge in [-0.15, -0.1) is 0 Å². The van der Waals surface area contributed by atoms with E-state index in [2.05, 4.69) is 25.0 Å². The van der Waals surface area contributed by atoms with Gasteiger partial charge in [0.05, 0.1) is 35.1 Å². The van der Waals surface area contributed by atoms with Crippen LogP contribution in [0.5, 0.6) is 0 Å². The quantitative estimate of drug-likeness (QED) is 0.253. The van der Waals surface area contributed by atoms with Crippen LogP contribution in [0.15, 0.2) is 16.9 Å². The molecule has 2 aromatic heterocycles. The standard InChI is InChI=1S/C31H36FN3O5Si/c1-6-31(39)20-12-24-28-18(14-35(24)29(37)19(20)15-40-30(31)38)27-22(33-25(36)8-7-11-41(3,4)5)10-9-17-16(2)21(32)13-23(34-28)26(17)27/h12-13,22,39H,6-11,14-15H2,1-5H3,(H,33,36)/t22-,31-/m0/s1. The van der Waals surface area contributed by atoms with Crippen LogP contribution in [0.1, 0.15) is 72.0 Å². The second-order valence-corrected chi connectivity index (χ2v) is 18.5. The summed E-state index contributed by atoms with van der Waals surface area (Å²) in [6, 6.07) is 3.86. The molecule has 0 fully saturated rings. The van der Waals surface area contributed by atoms with Gasteiger partial charge in [0.1, 0.15) is 12.4 Å². The first-order valence-corrected chi connectivity index (χ1v) is 18.2. The molecule has 0 saturated heterocycles. The van der Waals surface area contributed by atoms with E-state index in [0.717, 1.165) is 34.5 Å². The van der Waals surface area contributed by atoms with Crippen molar-refractivity contribution in [2.24, 2.45) is 0 Å². The zero-order chi connectivity index (χ0) is 29.4. The summed E-state index contributed by atoms with van der Waals surface area (Å²) in [4.78, 5) is 44.3. The zero-order valence-electron chi connectivity index (χ0n) is 24.2. The van der Waals surface area contributed by atoms with Crippen molar-refractivity contribution in [2.45, 2.75) is 96.4 Å². The maximum atomic E-state index is 15.1. The molecule has 1 amide bonds. The normalized spacial score (nSPS) is 20.9. The summed E-state index contributed by atoms with van der Waals surface area (Å²) >= 11 is 0. The molecular weight excluding hydrogens is 541 g/mol. The molecule has 4 heterocycles. The fourth-order valence-corrected chi connectivity index (χ4v) is 7.98. The van der Waals surface area contributed by atoms with Gasteiger partial charge in [-0.2, -0.15) is 0 Å². The number of amides is 1. The summed E-state index contributed by atoms with van der Waals surface area (Å²) in [5.41, 5.74) is 2.81. The number of hydrogen-bond donors (Lipinski definition) is 2. The summed E-state index contributed by atoms with van der Waals surface area (Å²) in [7, 11) is -1.26. The Hall–Kier alpha value is -3.37. The SMILES string of the molecule is CC[C@@]1(O)C(=O)OCc2c1cc1n(c2=O)Cc2c-1nc1cc(F)c(C)c3c1c2[C@@H](NC(=O)CCC[Si](C)(C)C)CC3. The maximum absolute atomic E-state index is 15.1. The van der Waals surface area contributed by atoms with Gasteiger partial charge >= 0.3 is 5.97 Å². The number of halogens is 1. The number of aromatic nitrogens is 2. The van der Waals surface area contributed by atoms with E-state index in [1.54, 1.807) is 24.5 Å². The van der Waals surface area contributed by atoms with Gasteiger partial charge in [0, 0.05) is 37.1 Å². The van der Waals surface area contributed by atoms with E-state index >= 15 is 4.39 Å². The van der Waals surface area contributed by atoms with Crippen molar-refractivity contribution in [3.05, 3.63) is 61.7 Å². The van der Waals surface area contributed by atoms with E-state index in [-0.39, 0.29) is 54.0 Å². The summed E-state index contributed by atoms with van der Waals surface area (Å²) in [6.45, 7) is 10.3. The number of carbonyl (C=O) groups is 2. The Morgan fingerprint density at radius 2 is 2.00 bits per heavy atom. The van der Waals surface area contributed by atoms with Crippen molar-refractivity contribution in [2.75, 3.05) is 0 Å². The Balaban J connectivity index is 1.51. The lowest BCUT2D eigenvalue weighted by molar-refractivity contribution is -0.172. The first kappa shape index (κ1) is 27.8. The monoisotopic (exact) mass is 577 g/mol. The Morgan fingerprint density at radius 3 is 2.71 bits per heavy atom. The molecule has 1 aromatic carbocycles. The molecule has 2 atom stereocenters. The Morgan fingerprint density at radius 1 is 1.24 bits per heavy atom. The molecule has 0 spiro atoms. The van der Waals surface area contributed by atoms with Crippen molar-refractivity contribution in [3.8, 4) is 11.4 Å². The van der Waals surface area contributed by atoms with E-state index in [4.69, 9.17) is 9.72 Å². The number of benzene rings is 1. The molecule has 216 valence electrons. The smallest absolute Gasteiger partial charge is 0.343 e. The predicted molar refractivity (Wildman–Crippen MR) is 156 cm³/mol. The van der Waals surface area contributed by atoms with Gasteiger partial charge in [-0.25, -0.2) is 14.2 Å². The van der Waals surface area contributed by atoms with Gasteiger partial charge < -0.3 is 19.7 Å². The molecular formula is C31H36FN3O5Si. The molecule has 0 saturated carbocycles. The molecule has 0 unspecified atom stereocenters. The topological polar surface area (TPSA) is 111 Å². The van der Waals surface area contributed by atoms with Crippen LogP contribution in [-0.2, 0) is 39.5 Å². The Kier molecular flexibility index (Phi) is 6.50. The molecule has 6 rings (SSSR count). The van der Waals surface area contributed by atoms with E-state index in [0.29, 0.717) is 41.7 Å². The number of carbonyl (C=O) groups excluding carboxylic acids is 2. The van der Waals surface area contributed by atoms with Crippen LogP contribution in [0.4, 0.5) is 4.39 Å². The lowest BCUT2D eigenvalue weighted by Crippen LogP contribution is -2.44. The van der Waals surface area contributed by atoms with Crippen molar-refractivity contribution in [1.29, 1.82) is 0 Å². The molecule has 41 heavy (non-hydrogen) atoms. The summed E-state index contributed by atoms with van der Waals surface area (Å²) in [6.07, 6.45) is 2.56. The maximum Gasteiger partial charge on any atom is 0.343 e. The average molecular weight is 578 g/mol. The number of esters is 1. The molecule has 8 nitrogen and oxygen atoms in total. The van der Waals surface area contributed by atoms with E-state index in [1.165, 1.54) is 6.07 Å². The third-order valence-electron chi connectivity index (χ3n) is 9.04. The van der Waals surface area contributed by atoms with Gasteiger partial charge in [0.25, 0.3) is 5.56 Å². The van der Waals surface area contributed by atoms with Crippen LogP contribution in [0, 0.1) is 12.7 Å². The van der Waals surface area contributed by atoms with Crippen molar-refractivity contribution in [1.82, 2.24) is 14.9 Å². The Bertz CT molecular complexity index is 1710. The number of rotatable bonds is 6. The number of nitrogens with one attached hydrogen (secondary N) is 1.